The minimum absolute atomic E-state index is 0.0244. The maximum absolute atomic E-state index is 13.9. The van der Waals surface area contributed by atoms with Crippen LogP contribution in [-0.4, -0.2) is 56.8 Å². The molecule has 0 radical (unpaired) electrons. The molecule has 0 aliphatic carbocycles. The maximum Gasteiger partial charge on any atom is 0.305 e. The van der Waals surface area contributed by atoms with Crippen LogP contribution < -0.4 is 0 Å². The van der Waals surface area contributed by atoms with E-state index in [9.17, 15) is 23.9 Å². The number of hydrogen-bond acceptors (Lipinski definition) is 4. The van der Waals surface area contributed by atoms with Crippen molar-refractivity contribution in [1.82, 2.24) is 14.8 Å². The topological polar surface area (TPSA) is 90.8 Å². The zero-order valence-corrected chi connectivity index (χ0v) is 14.4. The van der Waals surface area contributed by atoms with E-state index in [2.05, 4.69) is 4.98 Å². The van der Waals surface area contributed by atoms with E-state index in [1.54, 1.807) is 30.3 Å². The van der Waals surface area contributed by atoms with Crippen molar-refractivity contribution in [2.75, 3.05) is 13.1 Å². The molecule has 2 heterocycles. The second-order valence-electron chi connectivity index (χ2n) is 6.21. The monoisotopic (exact) mass is 371 g/mol. The third kappa shape index (κ3) is 4.11. The van der Waals surface area contributed by atoms with Crippen molar-refractivity contribution >= 4 is 17.8 Å². The fourth-order valence-electron chi connectivity index (χ4n) is 3.09. The predicted molar refractivity (Wildman–Crippen MR) is 93.1 cm³/mol. The molecule has 27 heavy (non-hydrogen) atoms. The summed E-state index contributed by atoms with van der Waals surface area (Å²) < 4.78 is 13.9. The molecule has 140 valence electrons. The van der Waals surface area contributed by atoms with E-state index in [-0.39, 0.29) is 25.2 Å². The first-order chi connectivity index (χ1) is 13.0. The van der Waals surface area contributed by atoms with Gasteiger partial charge in [-0.1, -0.05) is 18.2 Å². The number of aliphatic carboxylic acids is 1. The number of piperazine rings is 1. The van der Waals surface area contributed by atoms with Gasteiger partial charge >= 0.3 is 5.97 Å². The fraction of sp³-hybridized carbons (Fsp3) is 0.263. The van der Waals surface area contributed by atoms with Crippen LogP contribution in [0.4, 0.5) is 4.39 Å². The maximum atomic E-state index is 13.9. The van der Waals surface area contributed by atoms with Crippen molar-refractivity contribution in [3.63, 3.8) is 0 Å². The van der Waals surface area contributed by atoms with Crippen molar-refractivity contribution in [2.24, 2.45) is 0 Å². The Hall–Kier alpha value is -3.29. The van der Waals surface area contributed by atoms with Crippen molar-refractivity contribution in [1.29, 1.82) is 0 Å². The molecule has 0 saturated carbocycles. The first kappa shape index (κ1) is 18.5. The molecule has 3 rings (SSSR count). The molecule has 8 heteroatoms. The molecule has 1 aliphatic rings. The number of rotatable bonds is 5. The van der Waals surface area contributed by atoms with Crippen LogP contribution in [0.3, 0.4) is 0 Å². The normalized spacial score (nSPS) is 17.1. The first-order valence-corrected chi connectivity index (χ1v) is 8.42. The highest BCUT2D eigenvalue weighted by Gasteiger charge is 2.39. The smallest absolute Gasteiger partial charge is 0.305 e. The molecule has 0 bridgehead atoms. The van der Waals surface area contributed by atoms with Crippen molar-refractivity contribution in [2.45, 2.75) is 19.0 Å². The van der Waals surface area contributed by atoms with Gasteiger partial charge in [-0.15, -0.1) is 0 Å². The molecule has 1 aliphatic heterocycles. The number of carboxylic acid groups (broad SMARTS) is 1. The average molecular weight is 371 g/mol. The van der Waals surface area contributed by atoms with Gasteiger partial charge < -0.3 is 14.9 Å². The number of amides is 2. The predicted octanol–water partition coefficient (Wildman–Crippen LogP) is 1.55. The SMILES string of the molecule is O=C(O)CC1C(=O)N(Cc2ccccc2F)CCN1C(=O)c1cccnc1. The Morgan fingerprint density at radius 3 is 2.63 bits per heavy atom. The molecule has 2 amide bonds. The summed E-state index contributed by atoms with van der Waals surface area (Å²) in [5.74, 6) is -2.59. The van der Waals surface area contributed by atoms with Crippen LogP contribution in [0.5, 0.6) is 0 Å². The first-order valence-electron chi connectivity index (χ1n) is 8.42. The van der Waals surface area contributed by atoms with E-state index in [4.69, 9.17) is 0 Å². The van der Waals surface area contributed by atoms with Gasteiger partial charge in [-0.25, -0.2) is 4.39 Å². The van der Waals surface area contributed by atoms with Gasteiger partial charge in [0, 0.05) is 37.6 Å². The number of carbonyl (C=O) groups is 3. The number of pyridine rings is 1. The third-order valence-electron chi connectivity index (χ3n) is 4.44. The third-order valence-corrected chi connectivity index (χ3v) is 4.44. The van der Waals surface area contributed by atoms with Crippen molar-refractivity contribution in [3.05, 3.63) is 65.7 Å². The van der Waals surface area contributed by atoms with E-state index in [0.717, 1.165) is 0 Å². The summed E-state index contributed by atoms with van der Waals surface area (Å²) in [5, 5.41) is 9.19. The molecule has 0 spiro atoms. The number of aromatic nitrogens is 1. The Labute approximate surface area is 155 Å². The minimum atomic E-state index is -1.19. The molecular weight excluding hydrogens is 353 g/mol. The van der Waals surface area contributed by atoms with Crippen LogP contribution in [0.1, 0.15) is 22.3 Å². The highest BCUT2D eigenvalue weighted by Crippen LogP contribution is 2.20. The number of benzene rings is 1. The Balaban J connectivity index is 1.82. The summed E-state index contributed by atoms with van der Waals surface area (Å²) in [4.78, 5) is 43.4. The van der Waals surface area contributed by atoms with Crippen LogP contribution in [-0.2, 0) is 16.1 Å². The fourth-order valence-corrected chi connectivity index (χ4v) is 3.09. The van der Waals surface area contributed by atoms with Crippen LogP contribution in [0.25, 0.3) is 0 Å². The highest BCUT2D eigenvalue weighted by molar-refractivity contribution is 5.99. The van der Waals surface area contributed by atoms with Gasteiger partial charge in [0.2, 0.25) is 5.91 Å². The van der Waals surface area contributed by atoms with Gasteiger partial charge in [-0.3, -0.25) is 19.4 Å². The number of nitrogens with zero attached hydrogens (tertiary/aromatic N) is 3. The lowest BCUT2D eigenvalue weighted by atomic mass is 10.0. The number of carbonyl (C=O) groups excluding carboxylic acids is 2. The molecule has 1 atom stereocenters. The minimum Gasteiger partial charge on any atom is -0.481 e. The van der Waals surface area contributed by atoms with Crippen molar-refractivity contribution < 1.29 is 23.9 Å². The van der Waals surface area contributed by atoms with Crippen LogP contribution in [0.15, 0.2) is 48.8 Å². The van der Waals surface area contributed by atoms with Gasteiger partial charge in [0.05, 0.1) is 12.0 Å². The molecule has 1 aromatic heterocycles. The number of carboxylic acids is 1. The molecule has 1 unspecified atom stereocenters. The standard InChI is InChI=1S/C19H18FN3O4/c20-15-6-2-1-4-14(15)12-22-8-9-23(16(19(22)27)10-17(24)25)18(26)13-5-3-7-21-11-13/h1-7,11,16H,8-10,12H2,(H,24,25). The van der Waals surface area contributed by atoms with Gasteiger partial charge in [0.15, 0.2) is 0 Å². The Bertz CT molecular complexity index is 859. The summed E-state index contributed by atoms with van der Waals surface area (Å²) >= 11 is 0. The molecule has 1 N–H and O–H groups in total. The Morgan fingerprint density at radius 2 is 1.96 bits per heavy atom. The van der Waals surface area contributed by atoms with Crippen LogP contribution >= 0.6 is 0 Å². The Kier molecular flexibility index (Phi) is 5.44. The zero-order chi connectivity index (χ0) is 19.4. The lowest BCUT2D eigenvalue weighted by molar-refractivity contribution is -0.148. The van der Waals surface area contributed by atoms with E-state index >= 15 is 0 Å². The molecule has 7 nitrogen and oxygen atoms in total. The van der Waals surface area contributed by atoms with E-state index in [1.807, 2.05) is 0 Å². The molecule has 1 fully saturated rings. The Morgan fingerprint density at radius 1 is 1.19 bits per heavy atom. The summed E-state index contributed by atoms with van der Waals surface area (Å²) in [5.41, 5.74) is 0.621. The summed E-state index contributed by atoms with van der Waals surface area (Å²) in [6, 6.07) is 8.10. The van der Waals surface area contributed by atoms with Gasteiger partial charge in [-0.2, -0.15) is 0 Å². The summed E-state index contributed by atoms with van der Waals surface area (Å²) in [7, 11) is 0. The number of hydrogen-bond donors (Lipinski definition) is 1. The van der Waals surface area contributed by atoms with Crippen molar-refractivity contribution in [3.8, 4) is 0 Å². The summed E-state index contributed by atoms with van der Waals surface area (Å²) in [6.07, 6.45) is 2.37. The largest absolute Gasteiger partial charge is 0.481 e. The van der Waals surface area contributed by atoms with Crippen LogP contribution in [0, 0.1) is 5.82 Å². The van der Waals surface area contributed by atoms with E-state index < -0.39 is 36.1 Å². The quantitative estimate of drug-likeness (QED) is 0.861. The lowest BCUT2D eigenvalue weighted by Gasteiger charge is -2.40. The van der Waals surface area contributed by atoms with Crippen LogP contribution in [0.2, 0.25) is 0 Å². The highest BCUT2D eigenvalue weighted by atomic mass is 19.1. The molecule has 2 aromatic rings. The van der Waals surface area contributed by atoms with E-state index in [0.29, 0.717) is 5.56 Å². The molecule has 1 aromatic carbocycles. The molecular formula is C19H18FN3O4. The van der Waals surface area contributed by atoms with Gasteiger partial charge in [-0.05, 0) is 18.2 Å². The zero-order valence-electron chi connectivity index (χ0n) is 14.4. The second-order valence-corrected chi connectivity index (χ2v) is 6.21. The lowest BCUT2D eigenvalue weighted by Crippen LogP contribution is -2.59. The number of halogens is 1. The van der Waals surface area contributed by atoms with Gasteiger partial charge in [0.1, 0.15) is 11.9 Å². The average Bonchev–Trinajstić information content (AvgIpc) is 2.66. The second kappa shape index (κ2) is 7.94. The van der Waals surface area contributed by atoms with Gasteiger partial charge in [0.25, 0.3) is 5.91 Å². The molecule has 1 saturated heterocycles. The summed E-state index contributed by atoms with van der Waals surface area (Å²) in [6.45, 7) is 0.373. The van der Waals surface area contributed by atoms with E-state index in [1.165, 1.54) is 28.3 Å².